The average Bonchev–Trinajstić information content (AvgIpc) is 3.07. The minimum Gasteiger partial charge on any atom is -0.356 e. The largest absolute Gasteiger partial charge is 0.356 e. The van der Waals surface area contributed by atoms with Crippen LogP contribution in [0.1, 0.15) is 56.4 Å². The lowest BCUT2D eigenvalue weighted by Gasteiger charge is -2.18. The van der Waals surface area contributed by atoms with Gasteiger partial charge in [-0.15, -0.1) is 0 Å². The van der Waals surface area contributed by atoms with Crippen LogP contribution in [0.2, 0.25) is 0 Å². The van der Waals surface area contributed by atoms with E-state index in [0.29, 0.717) is 11.8 Å². The Hall–Kier alpha value is -2.37. The van der Waals surface area contributed by atoms with Crippen LogP contribution in [0.25, 0.3) is 0 Å². The van der Waals surface area contributed by atoms with Gasteiger partial charge in [-0.2, -0.15) is 4.98 Å². The highest BCUT2D eigenvalue weighted by atomic mass is 16.5. The third-order valence-electron chi connectivity index (χ3n) is 3.74. The molecule has 0 saturated heterocycles. The third-order valence-corrected chi connectivity index (χ3v) is 3.74. The molecule has 0 aliphatic heterocycles. The average molecular weight is 329 g/mol. The summed E-state index contributed by atoms with van der Waals surface area (Å²) in [4.78, 5) is 8.65. The molecule has 0 aliphatic carbocycles. The van der Waals surface area contributed by atoms with Gasteiger partial charge in [-0.3, -0.25) is 4.99 Å². The number of aliphatic imine (C=N–C) groups is 1. The van der Waals surface area contributed by atoms with Crippen molar-refractivity contribution in [3.05, 3.63) is 47.6 Å². The molecule has 1 aromatic heterocycles. The van der Waals surface area contributed by atoms with Crippen molar-refractivity contribution in [1.29, 1.82) is 0 Å². The number of rotatable bonds is 7. The molecule has 24 heavy (non-hydrogen) atoms. The number of nitrogens with one attached hydrogen (secondary N) is 2. The summed E-state index contributed by atoms with van der Waals surface area (Å²) in [5.74, 6) is 2.55. The molecule has 0 radical (unpaired) electrons. The molecular formula is C18H27N5O. The minimum atomic E-state index is 0.196. The van der Waals surface area contributed by atoms with Gasteiger partial charge in [0.15, 0.2) is 11.8 Å². The molecule has 6 heteroatoms. The first kappa shape index (κ1) is 18.0. The second-order valence-electron chi connectivity index (χ2n) is 6.08. The molecule has 2 rings (SSSR count). The van der Waals surface area contributed by atoms with Crippen LogP contribution in [0.15, 0.2) is 39.8 Å². The fourth-order valence-corrected chi connectivity index (χ4v) is 2.28. The van der Waals surface area contributed by atoms with Gasteiger partial charge in [-0.1, -0.05) is 49.3 Å². The van der Waals surface area contributed by atoms with E-state index in [1.807, 2.05) is 18.2 Å². The quantitative estimate of drug-likeness (QED) is 0.464. The molecule has 0 aliphatic rings. The smallest absolute Gasteiger partial charge is 0.226 e. The number of aryl methyl sites for hydroxylation is 1. The van der Waals surface area contributed by atoms with Gasteiger partial charge in [0.1, 0.15) is 0 Å². The zero-order valence-corrected chi connectivity index (χ0v) is 14.9. The van der Waals surface area contributed by atoms with E-state index in [1.54, 1.807) is 7.05 Å². The van der Waals surface area contributed by atoms with Crippen LogP contribution >= 0.6 is 0 Å². The van der Waals surface area contributed by atoms with Gasteiger partial charge in [0.25, 0.3) is 0 Å². The number of benzene rings is 1. The molecule has 2 N–H and O–H groups in total. The molecule has 1 aromatic carbocycles. The fraction of sp³-hybridized carbons (Fsp3) is 0.500. The Bertz CT molecular complexity index is 636. The van der Waals surface area contributed by atoms with Crippen LogP contribution in [-0.2, 0) is 6.42 Å². The van der Waals surface area contributed by atoms with Crippen LogP contribution < -0.4 is 10.6 Å². The van der Waals surface area contributed by atoms with Crippen LogP contribution in [-0.4, -0.2) is 29.7 Å². The van der Waals surface area contributed by atoms with Crippen molar-refractivity contribution in [3.63, 3.8) is 0 Å². The van der Waals surface area contributed by atoms with Crippen LogP contribution in [0.4, 0.5) is 0 Å². The Morgan fingerprint density at radius 1 is 1.21 bits per heavy atom. The maximum Gasteiger partial charge on any atom is 0.226 e. The maximum atomic E-state index is 5.25. The second kappa shape index (κ2) is 9.05. The fourth-order valence-electron chi connectivity index (χ4n) is 2.28. The Morgan fingerprint density at radius 2 is 1.96 bits per heavy atom. The van der Waals surface area contributed by atoms with E-state index in [1.165, 1.54) is 5.56 Å². The van der Waals surface area contributed by atoms with Crippen LogP contribution in [0.5, 0.6) is 0 Å². The number of aromatic nitrogens is 2. The second-order valence-corrected chi connectivity index (χ2v) is 6.08. The third kappa shape index (κ3) is 5.37. The normalized spacial score (nSPS) is 13.1. The first-order valence-electron chi connectivity index (χ1n) is 8.44. The molecule has 0 amide bonds. The SMILES string of the molecule is CN=C(NCCCc1nc(C(C)C)no1)NC(C)c1ccccc1. The Balaban J connectivity index is 1.73. The lowest BCUT2D eigenvalue weighted by molar-refractivity contribution is 0.368. The summed E-state index contributed by atoms with van der Waals surface area (Å²) in [6, 6.07) is 10.5. The van der Waals surface area contributed by atoms with Crippen LogP contribution in [0, 0.1) is 0 Å². The highest BCUT2D eigenvalue weighted by Crippen LogP contribution is 2.11. The van der Waals surface area contributed by atoms with Crippen molar-refractivity contribution in [3.8, 4) is 0 Å². The maximum absolute atomic E-state index is 5.25. The van der Waals surface area contributed by atoms with Crippen molar-refractivity contribution in [1.82, 2.24) is 20.8 Å². The molecule has 130 valence electrons. The minimum absolute atomic E-state index is 0.196. The Morgan fingerprint density at radius 3 is 2.58 bits per heavy atom. The number of guanidine groups is 1. The lowest BCUT2D eigenvalue weighted by Crippen LogP contribution is -2.39. The summed E-state index contributed by atoms with van der Waals surface area (Å²) in [6.45, 7) is 7.02. The van der Waals surface area contributed by atoms with E-state index in [9.17, 15) is 0 Å². The zero-order chi connectivity index (χ0) is 17.4. The number of nitrogens with zero attached hydrogens (tertiary/aromatic N) is 3. The van der Waals surface area contributed by atoms with Gasteiger partial charge in [0.2, 0.25) is 5.89 Å². The molecule has 0 fully saturated rings. The number of hydrogen-bond acceptors (Lipinski definition) is 4. The standard InChI is InChI=1S/C18H27N5O/c1-13(2)17-22-16(24-23-17)11-8-12-20-18(19-4)21-14(3)15-9-6-5-7-10-15/h5-7,9-10,13-14H,8,11-12H2,1-4H3,(H2,19,20,21). The van der Waals surface area contributed by atoms with E-state index < -0.39 is 0 Å². The van der Waals surface area contributed by atoms with Gasteiger partial charge < -0.3 is 15.2 Å². The highest BCUT2D eigenvalue weighted by Gasteiger charge is 2.10. The van der Waals surface area contributed by atoms with Gasteiger partial charge >= 0.3 is 0 Å². The van der Waals surface area contributed by atoms with Crippen molar-refractivity contribution in [2.24, 2.45) is 4.99 Å². The number of hydrogen-bond donors (Lipinski definition) is 2. The molecule has 6 nitrogen and oxygen atoms in total. The van der Waals surface area contributed by atoms with Gasteiger partial charge in [-0.05, 0) is 18.9 Å². The predicted octanol–water partition coefficient (Wildman–Crippen LogP) is 3.05. The van der Waals surface area contributed by atoms with Crippen molar-refractivity contribution >= 4 is 5.96 Å². The molecule has 2 aromatic rings. The summed E-state index contributed by atoms with van der Waals surface area (Å²) in [5, 5.41) is 10.7. The highest BCUT2D eigenvalue weighted by molar-refractivity contribution is 5.80. The van der Waals surface area contributed by atoms with E-state index in [4.69, 9.17) is 4.52 Å². The molecule has 0 spiro atoms. The van der Waals surface area contributed by atoms with Crippen molar-refractivity contribution < 1.29 is 4.52 Å². The van der Waals surface area contributed by atoms with E-state index in [0.717, 1.165) is 31.2 Å². The molecule has 1 heterocycles. The monoisotopic (exact) mass is 329 g/mol. The summed E-state index contributed by atoms with van der Waals surface area (Å²) in [6.07, 6.45) is 1.66. The summed E-state index contributed by atoms with van der Waals surface area (Å²) in [7, 11) is 1.78. The zero-order valence-electron chi connectivity index (χ0n) is 14.9. The topological polar surface area (TPSA) is 75.3 Å². The molecule has 0 saturated carbocycles. The first-order valence-corrected chi connectivity index (χ1v) is 8.44. The van der Waals surface area contributed by atoms with Gasteiger partial charge in [0.05, 0.1) is 6.04 Å². The lowest BCUT2D eigenvalue weighted by atomic mass is 10.1. The molecular weight excluding hydrogens is 302 g/mol. The molecule has 1 unspecified atom stereocenters. The first-order chi connectivity index (χ1) is 11.6. The summed E-state index contributed by atoms with van der Waals surface area (Å²) < 4.78 is 5.25. The van der Waals surface area contributed by atoms with E-state index >= 15 is 0 Å². The van der Waals surface area contributed by atoms with Crippen molar-refractivity contribution in [2.75, 3.05) is 13.6 Å². The molecule has 1 atom stereocenters. The molecule has 0 bridgehead atoms. The van der Waals surface area contributed by atoms with Crippen molar-refractivity contribution in [2.45, 2.75) is 45.6 Å². The summed E-state index contributed by atoms with van der Waals surface area (Å²) in [5.41, 5.74) is 1.23. The Labute approximate surface area is 143 Å². The summed E-state index contributed by atoms with van der Waals surface area (Å²) >= 11 is 0. The predicted molar refractivity (Wildman–Crippen MR) is 96.1 cm³/mol. The van der Waals surface area contributed by atoms with Crippen LogP contribution in [0.3, 0.4) is 0 Å². The van der Waals surface area contributed by atoms with Gasteiger partial charge in [-0.25, -0.2) is 0 Å². The van der Waals surface area contributed by atoms with E-state index in [-0.39, 0.29) is 6.04 Å². The Kier molecular flexibility index (Phi) is 6.78. The van der Waals surface area contributed by atoms with Gasteiger partial charge in [0, 0.05) is 25.9 Å². The van der Waals surface area contributed by atoms with E-state index in [2.05, 4.69) is 58.7 Å².